The van der Waals surface area contributed by atoms with E-state index in [0.717, 1.165) is 31.4 Å². The summed E-state index contributed by atoms with van der Waals surface area (Å²) in [6.45, 7) is 1.56. The van der Waals surface area contributed by atoms with E-state index >= 15 is 0 Å². The molecule has 1 aromatic carbocycles. The van der Waals surface area contributed by atoms with Crippen LogP contribution in [-0.2, 0) is 16.6 Å². The molecule has 0 aliphatic heterocycles. The van der Waals surface area contributed by atoms with Crippen LogP contribution in [0.25, 0.3) is 0 Å². The summed E-state index contributed by atoms with van der Waals surface area (Å²) in [6, 6.07) is 3.28. The van der Waals surface area contributed by atoms with Crippen molar-refractivity contribution < 1.29 is 17.9 Å². The van der Waals surface area contributed by atoms with Gasteiger partial charge in [-0.25, -0.2) is 17.5 Å². The predicted molar refractivity (Wildman–Crippen MR) is 69.4 cm³/mol. The van der Waals surface area contributed by atoms with E-state index in [1.165, 1.54) is 6.07 Å². The third kappa shape index (κ3) is 3.13. The van der Waals surface area contributed by atoms with Gasteiger partial charge >= 0.3 is 0 Å². The highest BCUT2D eigenvalue weighted by Gasteiger charge is 2.29. The molecule has 0 amide bonds. The Kier molecular flexibility index (Phi) is 4.23. The number of benzene rings is 1. The van der Waals surface area contributed by atoms with E-state index in [0.29, 0.717) is 0 Å². The first-order chi connectivity index (χ1) is 8.94. The van der Waals surface area contributed by atoms with Crippen molar-refractivity contribution in [2.75, 3.05) is 0 Å². The smallest absolute Gasteiger partial charge is 0.241 e. The van der Waals surface area contributed by atoms with Crippen molar-refractivity contribution in [2.45, 2.75) is 43.7 Å². The van der Waals surface area contributed by atoms with E-state index in [-0.39, 0.29) is 22.4 Å². The molecule has 1 aliphatic carbocycles. The Bertz CT molecular complexity index is 559. The highest BCUT2D eigenvalue weighted by atomic mass is 32.2. The number of halogens is 1. The molecule has 2 unspecified atom stereocenters. The van der Waals surface area contributed by atoms with E-state index in [1.807, 2.05) is 6.92 Å². The van der Waals surface area contributed by atoms with Gasteiger partial charge in [-0.3, -0.25) is 0 Å². The molecule has 1 fully saturated rings. The summed E-state index contributed by atoms with van der Waals surface area (Å²) in [7, 11) is -3.79. The molecule has 0 bridgehead atoms. The Balaban J connectivity index is 2.31. The van der Waals surface area contributed by atoms with Gasteiger partial charge in [0.1, 0.15) is 5.82 Å². The number of aliphatic hydroxyl groups excluding tert-OH is 1. The van der Waals surface area contributed by atoms with E-state index in [2.05, 4.69) is 4.72 Å². The summed E-state index contributed by atoms with van der Waals surface area (Å²) < 4.78 is 40.4. The second-order valence-corrected chi connectivity index (χ2v) is 6.73. The number of aliphatic hydroxyl groups is 1. The molecule has 19 heavy (non-hydrogen) atoms. The van der Waals surface area contributed by atoms with Crippen molar-refractivity contribution in [1.82, 2.24) is 4.72 Å². The Hall–Kier alpha value is -0.980. The number of sulfonamides is 1. The molecule has 0 heterocycles. The van der Waals surface area contributed by atoms with Gasteiger partial charge in [0.25, 0.3) is 0 Å². The highest BCUT2D eigenvalue weighted by Crippen LogP contribution is 2.27. The van der Waals surface area contributed by atoms with Gasteiger partial charge in [0.15, 0.2) is 0 Å². The van der Waals surface area contributed by atoms with E-state index in [9.17, 15) is 17.9 Å². The molecule has 2 rings (SSSR count). The second-order valence-electron chi connectivity index (χ2n) is 5.05. The lowest BCUT2D eigenvalue weighted by Crippen LogP contribution is -2.36. The lowest BCUT2D eigenvalue weighted by Gasteiger charge is -2.18. The lowest BCUT2D eigenvalue weighted by molar-refractivity contribution is 0.278. The summed E-state index contributed by atoms with van der Waals surface area (Å²) >= 11 is 0. The predicted octanol–water partition coefficient (Wildman–Crippen LogP) is 1.78. The largest absolute Gasteiger partial charge is 0.392 e. The van der Waals surface area contributed by atoms with Crippen molar-refractivity contribution in [3.8, 4) is 0 Å². The Morgan fingerprint density at radius 1 is 1.42 bits per heavy atom. The second kappa shape index (κ2) is 5.56. The van der Waals surface area contributed by atoms with Gasteiger partial charge in [0, 0.05) is 6.04 Å². The molecule has 1 aliphatic rings. The van der Waals surface area contributed by atoms with Crippen LogP contribution in [0.5, 0.6) is 0 Å². The van der Waals surface area contributed by atoms with Crippen molar-refractivity contribution >= 4 is 10.0 Å². The maximum Gasteiger partial charge on any atom is 0.241 e. The zero-order valence-electron chi connectivity index (χ0n) is 10.8. The van der Waals surface area contributed by atoms with E-state index < -0.39 is 22.4 Å². The summed E-state index contributed by atoms with van der Waals surface area (Å²) in [5, 5.41) is 9.17. The van der Waals surface area contributed by atoms with Crippen molar-refractivity contribution in [2.24, 2.45) is 5.92 Å². The van der Waals surface area contributed by atoms with Gasteiger partial charge in [-0.05, 0) is 36.5 Å². The van der Waals surface area contributed by atoms with E-state index in [4.69, 9.17) is 0 Å². The maximum absolute atomic E-state index is 13.2. The Labute approximate surface area is 112 Å². The van der Waals surface area contributed by atoms with Crippen molar-refractivity contribution in [1.29, 1.82) is 0 Å². The number of rotatable bonds is 4. The standard InChI is InChI=1S/C13H18FNO3S/c1-9-3-2-4-12(9)15-19(17,18)13-7-11(14)6-5-10(13)8-16/h5-7,9,12,15-16H,2-4,8H2,1H3. The summed E-state index contributed by atoms with van der Waals surface area (Å²) in [5.74, 6) is -0.349. The van der Waals surface area contributed by atoms with E-state index in [1.54, 1.807) is 0 Å². The van der Waals surface area contributed by atoms with Gasteiger partial charge in [0.05, 0.1) is 11.5 Å². The fourth-order valence-corrected chi connectivity index (χ4v) is 4.11. The topological polar surface area (TPSA) is 66.4 Å². The average molecular weight is 287 g/mol. The first kappa shape index (κ1) is 14.4. The fourth-order valence-electron chi connectivity index (χ4n) is 2.49. The first-order valence-electron chi connectivity index (χ1n) is 6.35. The minimum Gasteiger partial charge on any atom is -0.392 e. The van der Waals surface area contributed by atoms with Gasteiger partial charge in [0.2, 0.25) is 10.0 Å². The minimum absolute atomic E-state index is 0.111. The molecule has 6 heteroatoms. The normalized spacial score (nSPS) is 23.7. The van der Waals surface area contributed by atoms with Gasteiger partial charge in [-0.15, -0.1) is 0 Å². The summed E-state index contributed by atoms with van der Waals surface area (Å²) in [6.07, 6.45) is 2.78. The number of hydrogen-bond donors (Lipinski definition) is 2. The summed E-state index contributed by atoms with van der Waals surface area (Å²) in [5.41, 5.74) is 0.208. The van der Waals surface area contributed by atoms with Crippen LogP contribution in [-0.4, -0.2) is 19.6 Å². The van der Waals surface area contributed by atoms with Crippen LogP contribution in [0, 0.1) is 11.7 Å². The van der Waals surface area contributed by atoms with Crippen LogP contribution < -0.4 is 4.72 Å². The molecule has 106 valence electrons. The first-order valence-corrected chi connectivity index (χ1v) is 7.84. The molecule has 0 spiro atoms. The third-order valence-corrected chi connectivity index (χ3v) is 5.23. The zero-order valence-corrected chi connectivity index (χ0v) is 11.6. The molecule has 0 saturated heterocycles. The molecule has 1 aromatic rings. The quantitative estimate of drug-likeness (QED) is 0.887. The number of nitrogens with one attached hydrogen (secondary N) is 1. The maximum atomic E-state index is 13.2. The fraction of sp³-hybridized carbons (Fsp3) is 0.538. The summed E-state index contributed by atoms with van der Waals surface area (Å²) in [4.78, 5) is -0.172. The van der Waals surface area contributed by atoms with Crippen LogP contribution in [0.3, 0.4) is 0 Å². The zero-order chi connectivity index (χ0) is 14.0. The van der Waals surface area contributed by atoms with Gasteiger partial charge in [-0.2, -0.15) is 0 Å². The van der Waals surface area contributed by atoms with Crippen LogP contribution in [0.2, 0.25) is 0 Å². The number of hydrogen-bond acceptors (Lipinski definition) is 3. The van der Waals surface area contributed by atoms with Crippen LogP contribution in [0.1, 0.15) is 31.7 Å². The average Bonchev–Trinajstić information content (AvgIpc) is 2.74. The molecule has 0 radical (unpaired) electrons. The molecule has 1 saturated carbocycles. The lowest BCUT2D eigenvalue weighted by atomic mass is 10.1. The molecular weight excluding hydrogens is 269 g/mol. The highest BCUT2D eigenvalue weighted by molar-refractivity contribution is 7.89. The molecule has 2 atom stereocenters. The van der Waals surface area contributed by atoms with Crippen molar-refractivity contribution in [3.05, 3.63) is 29.6 Å². The van der Waals surface area contributed by atoms with Gasteiger partial charge in [-0.1, -0.05) is 19.4 Å². The molecule has 4 nitrogen and oxygen atoms in total. The SMILES string of the molecule is CC1CCCC1NS(=O)(=O)c1cc(F)ccc1CO. The monoisotopic (exact) mass is 287 g/mol. The van der Waals surface area contributed by atoms with Crippen LogP contribution >= 0.6 is 0 Å². The third-order valence-electron chi connectivity index (χ3n) is 3.66. The molecular formula is C13H18FNO3S. The Morgan fingerprint density at radius 3 is 2.74 bits per heavy atom. The Morgan fingerprint density at radius 2 is 2.16 bits per heavy atom. The van der Waals surface area contributed by atoms with Crippen molar-refractivity contribution in [3.63, 3.8) is 0 Å². The van der Waals surface area contributed by atoms with Gasteiger partial charge < -0.3 is 5.11 Å². The molecule has 0 aromatic heterocycles. The molecule has 2 N–H and O–H groups in total. The minimum atomic E-state index is -3.79. The van der Waals surface area contributed by atoms with Crippen LogP contribution in [0.15, 0.2) is 23.1 Å². The van der Waals surface area contributed by atoms with Crippen LogP contribution in [0.4, 0.5) is 4.39 Å².